The van der Waals surface area contributed by atoms with E-state index in [1.807, 2.05) is 18.3 Å². The highest BCUT2D eigenvalue weighted by atomic mass is 14.8. The average Bonchev–Trinajstić information content (AvgIpc) is 2.18. The third-order valence-electron chi connectivity index (χ3n) is 2.24. The molecule has 1 heterocycles. The predicted octanol–water partition coefficient (Wildman–Crippen LogP) is 2.75. The van der Waals surface area contributed by atoms with Crippen molar-refractivity contribution in [3.8, 4) is 0 Å². The molecule has 0 amide bonds. The fourth-order valence-corrected chi connectivity index (χ4v) is 1.39. The predicted molar refractivity (Wildman–Crippen MR) is 60.0 cm³/mol. The van der Waals surface area contributed by atoms with Crippen LogP contribution in [0.25, 0.3) is 0 Å². The Morgan fingerprint density at radius 3 is 3.07 bits per heavy atom. The summed E-state index contributed by atoms with van der Waals surface area (Å²) >= 11 is 0. The fraction of sp³-hybridized carbons (Fsp3) is 0.417. The van der Waals surface area contributed by atoms with E-state index in [1.54, 1.807) is 0 Å². The molecule has 0 fully saturated rings. The van der Waals surface area contributed by atoms with Crippen molar-refractivity contribution in [1.82, 2.24) is 4.98 Å². The largest absolute Gasteiger partial charge is 0.323 e. The quantitative estimate of drug-likeness (QED) is 0.572. The molecule has 0 aliphatic heterocycles. The summed E-state index contributed by atoms with van der Waals surface area (Å²) in [5, 5.41) is 0. The Morgan fingerprint density at radius 1 is 1.64 bits per heavy atom. The summed E-state index contributed by atoms with van der Waals surface area (Å²) in [6.07, 6.45) is 6.83. The third kappa shape index (κ3) is 3.30. The van der Waals surface area contributed by atoms with Gasteiger partial charge in [0, 0.05) is 12.2 Å². The van der Waals surface area contributed by atoms with Crippen molar-refractivity contribution in [2.24, 2.45) is 5.73 Å². The molecule has 0 saturated heterocycles. The summed E-state index contributed by atoms with van der Waals surface area (Å²) in [4.78, 5) is 4.27. The molecule has 0 aromatic carbocycles. The minimum atomic E-state index is 0.0647. The Kier molecular flexibility index (Phi) is 4.33. The highest BCUT2D eigenvalue weighted by molar-refractivity contribution is 5.16. The molecule has 2 nitrogen and oxygen atoms in total. The van der Waals surface area contributed by atoms with E-state index in [2.05, 4.69) is 24.6 Å². The molecule has 1 atom stereocenters. The molecule has 0 saturated carbocycles. The minimum absolute atomic E-state index is 0.0647. The van der Waals surface area contributed by atoms with E-state index in [0.717, 1.165) is 25.0 Å². The lowest BCUT2D eigenvalue weighted by Gasteiger charge is -2.10. The molecule has 14 heavy (non-hydrogen) atoms. The summed E-state index contributed by atoms with van der Waals surface area (Å²) in [5.41, 5.74) is 8.22. The van der Waals surface area contributed by atoms with Crippen molar-refractivity contribution in [2.75, 3.05) is 0 Å². The Bertz CT molecular complexity index is 294. The lowest BCUT2D eigenvalue weighted by Crippen LogP contribution is -2.11. The lowest BCUT2D eigenvalue weighted by molar-refractivity contribution is 0.602. The molecule has 1 aromatic rings. The maximum atomic E-state index is 6.01. The fourth-order valence-electron chi connectivity index (χ4n) is 1.39. The van der Waals surface area contributed by atoms with Gasteiger partial charge >= 0.3 is 0 Å². The number of rotatable bonds is 5. The molecule has 76 valence electrons. The standard InChI is InChI=1S/C12H18N2/c1-3-4-5-6-11(13)12-9-10(2)7-8-14-12/h3,7-9,11H,1,4-6,13H2,2H3. The molecule has 0 radical (unpaired) electrons. The Balaban J connectivity index is 2.51. The monoisotopic (exact) mass is 190 g/mol. The van der Waals surface area contributed by atoms with Crippen LogP contribution in [0, 0.1) is 6.92 Å². The Labute approximate surface area is 85.9 Å². The van der Waals surface area contributed by atoms with Gasteiger partial charge in [-0.3, -0.25) is 4.98 Å². The number of nitrogens with zero attached hydrogens (tertiary/aromatic N) is 1. The van der Waals surface area contributed by atoms with Crippen LogP contribution < -0.4 is 5.73 Å². The summed E-state index contributed by atoms with van der Waals surface area (Å²) in [5.74, 6) is 0. The molecular formula is C12H18N2. The first-order valence-electron chi connectivity index (χ1n) is 5.03. The van der Waals surface area contributed by atoms with Gasteiger partial charge in [-0.2, -0.15) is 0 Å². The second-order valence-corrected chi connectivity index (χ2v) is 3.58. The lowest BCUT2D eigenvalue weighted by atomic mass is 10.1. The van der Waals surface area contributed by atoms with Crippen LogP contribution >= 0.6 is 0 Å². The van der Waals surface area contributed by atoms with E-state index in [-0.39, 0.29) is 6.04 Å². The van der Waals surface area contributed by atoms with Gasteiger partial charge in [-0.25, -0.2) is 0 Å². The van der Waals surface area contributed by atoms with Gasteiger partial charge in [0.05, 0.1) is 5.69 Å². The summed E-state index contributed by atoms with van der Waals surface area (Å²) in [6.45, 7) is 5.75. The number of aromatic nitrogens is 1. The highest BCUT2D eigenvalue weighted by Gasteiger charge is 2.06. The van der Waals surface area contributed by atoms with Crippen molar-refractivity contribution < 1.29 is 0 Å². The van der Waals surface area contributed by atoms with E-state index in [0.29, 0.717) is 0 Å². The average molecular weight is 190 g/mol. The van der Waals surface area contributed by atoms with E-state index < -0.39 is 0 Å². The zero-order valence-corrected chi connectivity index (χ0v) is 8.74. The van der Waals surface area contributed by atoms with Gasteiger partial charge in [0.15, 0.2) is 0 Å². The topological polar surface area (TPSA) is 38.9 Å². The van der Waals surface area contributed by atoms with Gasteiger partial charge in [0.2, 0.25) is 0 Å². The molecule has 1 aromatic heterocycles. The second-order valence-electron chi connectivity index (χ2n) is 3.58. The van der Waals surface area contributed by atoms with Gasteiger partial charge in [0.25, 0.3) is 0 Å². The van der Waals surface area contributed by atoms with Crippen molar-refractivity contribution in [3.63, 3.8) is 0 Å². The van der Waals surface area contributed by atoms with Crippen molar-refractivity contribution in [1.29, 1.82) is 0 Å². The SMILES string of the molecule is C=CCCCC(N)c1cc(C)ccn1. The van der Waals surface area contributed by atoms with Crippen LogP contribution in [0.2, 0.25) is 0 Å². The molecule has 0 aliphatic carbocycles. The smallest absolute Gasteiger partial charge is 0.0573 e. The molecule has 2 N–H and O–H groups in total. The zero-order chi connectivity index (χ0) is 10.4. The molecule has 2 heteroatoms. The number of allylic oxidation sites excluding steroid dienone is 1. The number of hydrogen-bond acceptors (Lipinski definition) is 2. The van der Waals surface area contributed by atoms with Crippen LogP contribution in [-0.2, 0) is 0 Å². The first kappa shape index (κ1) is 10.9. The second kappa shape index (κ2) is 5.55. The Hall–Kier alpha value is -1.15. The number of aryl methyl sites for hydroxylation is 1. The van der Waals surface area contributed by atoms with Crippen LogP contribution in [0.1, 0.15) is 36.6 Å². The first-order chi connectivity index (χ1) is 6.74. The van der Waals surface area contributed by atoms with Gasteiger partial charge in [-0.05, 0) is 43.9 Å². The van der Waals surface area contributed by atoms with E-state index >= 15 is 0 Å². The van der Waals surface area contributed by atoms with Crippen LogP contribution in [0.15, 0.2) is 31.0 Å². The number of nitrogens with two attached hydrogens (primary N) is 1. The Morgan fingerprint density at radius 2 is 2.43 bits per heavy atom. The van der Waals surface area contributed by atoms with Gasteiger partial charge in [-0.15, -0.1) is 6.58 Å². The maximum Gasteiger partial charge on any atom is 0.0573 e. The highest BCUT2D eigenvalue weighted by Crippen LogP contribution is 2.15. The number of pyridine rings is 1. The van der Waals surface area contributed by atoms with Gasteiger partial charge < -0.3 is 5.73 Å². The van der Waals surface area contributed by atoms with Crippen molar-refractivity contribution >= 4 is 0 Å². The molecule has 0 bridgehead atoms. The molecular weight excluding hydrogens is 172 g/mol. The van der Waals surface area contributed by atoms with Crippen molar-refractivity contribution in [3.05, 3.63) is 42.2 Å². The van der Waals surface area contributed by atoms with Crippen LogP contribution in [-0.4, -0.2) is 4.98 Å². The summed E-state index contributed by atoms with van der Waals surface area (Å²) in [6, 6.07) is 4.10. The van der Waals surface area contributed by atoms with E-state index in [9.17, 15) is 0 Å². The van der Waals surface area contributed by atoms with E-state index in [1.165, 1.54) is 5.56 Å². The molecule has 0 spiro atoms. The van der Waals surface area contributed by atoms with Crippen molar-refractivity contribution in [2.45, 2.75) is 32.2 Å². The number of unbranched alkanes of at least 4 members (excludes halogenated alkanes) is 1. The molecule has 1 unspecified atom stereocenters. The zero-order valence-electron chi connectivity index (χ0n) is 8.74. The summed E-state index contributed by atoms with van der Waals surface area (Å²) < 4.78 is 0. The van der Waals surface area contributed by atoms with Gasteiger partial charge in [0.1, 0.15) is 0 Å². The number of hydrogen-bond donors (Lipinski definition) is 1. The van der Waals surface area contributed by atoms with Crippen LogP contribution in [0.3, 0.4) is 0 Å². The van der Waals surface area contributed by atoms with Crippen LogP contribution in [0.5, 0.6) is 0 Å². The minimum Gasteiger partial charge on any atom is -0.323 e. The third-order valence-corrected chi connectivity index (χ3v) is 2.24. The maximum absolute atomic E-state index is 6.01. The van der Waals surface area contributed by atoms with Crippen LogP contribution in [0.4, 0.5) is 0 Å². The summed E-state index contributed by atoms with van der Waals surface area (Å²) in [7, 11) is 0. The first-order valence-corrected chi connectivity index (χ1v) is 5.03. The van der Waals surface area contributed by atoms with Gasteiger partial charge in [-0.1, -0.05) is 6.08 Å². The molecule has 0 aliphatic rings. The molecule has 1 rings (SSSR count). The van der Waals surface area contributed by atoms with E-state index in [4.69, 9.17) is 5.73 Å². The normalized spacial score (nSPS) is 12.4.